The summed E-state index contributed by atoms with van der Waals surface area (Å²) >= 11 is 1.47. The maximum absolute atomic E-state index is 12.2. The molecule has 0 aliphatic carbocycles. The van der Waals surface area contributed by atoms with Crippen LogP contribution in [0.1, 0.15) is 21.6 Å². The topological polar surface area (TPSA) is 57.1 Å². The van der Waals surface area contributed by atoms with E-state index in [1.54, 1.807) is 13.2 Å². The van der Waals surface area contributed by atoms with E-state index in [9.17, 15) is 4.79 Å². The number of hydrogen-bond donors (Lipinski definition) is 0. The Morgan fingerprint density at radius 2 is 2.00 bits per heavy atom. The van der Waals surface area contributed by atoms with E-state index in [0.717, 1.165) is 16.0 Å². The zero-order valence-corrected chi connectivity index (χ0v) is 16.9. The predicted molar refractivity (Wildman–Crippen MR) is 113 cm³/mol. The van der Waals surface area contributed by atoms with Gasteiger partial charge in [0.2, 0.25) is 5.90 Å². The van der Waals surface area contributed by atoms with Crippen molar-refractivity contribution in [3.63, 3.8) is 0 Å². The first kappa shape index (κ1) is 19.0. The summed E-state index contributed by atoms with van der Waals surface area (Å²) in [6.45, 7) is 2.46. The molecule has 0 unspecified atom stereocenters. The molecule has 0 radical (unpaired) electrons. The van der Waals surface area contributed by atoms with Gasteiger partial charge < -0.3 is 14.2 Å². The minimum Gasteiger partial charge on any atom is -0.493 e. The lowest BCUT2D eigenvalue weighted by molar-refractivity contribution is -0.129. The molecule has 0 spiro atoms. The van der Waals surface area contributed by atoms with Crippen LogP contribution in [0.25, 0.3) is 6.08 Å². The average Bonchev–Trinajstić information content (AvgIpc) is 3.37. The first-order valence-electron chi connectivity index (χ1n) is 9.05. The van der Waals surface area contributed by atoms with Crippen LogP contribution in [0.2, 0.25) is 0 Å². The number of cyclic esters (lactones) is 1. The summed E-state index contributed by atoms with van der Waals surface area (Å²) in [5.74, 6) is 1.08. The van der Waals surface area contributed by atoms with E-state index in [-0.39, 0.29) is 5.70 Å². The summed E-state index contributed by atoms with van der Waals surface area (Å²) in [7, 11) is 1.60. The van der Waals surface area contributed by atoms with Crippen molar-refractivity contribution in [2.45, 2.75) is 13.5 Å². The molecule has 1 aromatic heterocycles. The second-order valence-corrected chi connectivity index (χ2v) is 7.45. The van der Waals surface area contributed by atoms with Gasteiger partial charge in [0.15, 0.2) is 17.2 Å². The van der Waals surface area contributed by atoms with Gasteiger partial charge in [0.05, 0.1) is 12.0 Å². The number of carbonyl (C=O) groups is 1. The molecule has 5 nitrogen and oxygen atoms in total. The van der Waals surface area contributed by atoms with Gasteiger partial charge in [-0.15, -0.1) is 11.3 Å². The van der Waals surface area contributed by atoms with Crippen molar-refractivity contribution in [1.29, 1.82) is 0 Å². The second-order valence-electron chi connectivity index (χ2n) is 6.50. The normalized spacial score (nSPS) is 14.6. The molecule has 6 heteroatoms. The van der Waals surface area contributed by atoms with Crippen LogP contribution in [0.4, 0.5) is 0 Å². The molecule has 0 bridgehead atoms. The molecule has 3 aromatic rings. The Bertz CT molecular complexity index is 1100. The molecule has 0 fully saturated rings. The van der Waals surface area contributed by atoms with E-state index < -0.39 is 5.97 Å². The Hall–Kier alpha value is -3.38. The number of hydrogen-bond acceptors (Lipinski definition) is 6. The molecule has 0 amide bonds. The minimum atomic E-state index is -0.466. The molecule has 0 atom stereocenters. The fourth-order valence-corrected chi connectivity index (χ4v) is 3.58. The van der Waals surface area contributed by atoms with Crippen LogP contribution >= 0.6 is 11.3 Å². The number of nitrogens with zero attached hydrogens (tertiary/aromatic N) is 1. The fourth-order valence-electron chi connectivity index (χ4n) is 2.93. The van der Waals surface area contributed by atoms with Crippen molar-refractivity contribution < 1.29 is 19.0 Å². The Balaban J connectivity index is 1.57. The molecule has 2 heterocycles. The van der Waals surface area contributed by atoms with E-state index in [0.29, 0.717) is 24.0 Å². The smallest absolute Gasteiger partial charge is 0.363 e. The summed E-state index contributed by atoms with van der Waals surface area (Å²) in [4.78, 5) is 17.3. The first-order valence-corrected chi connectivity index (χ1v) is 9.93. The number of aliphatic imine (C=N–C) groups is 1. The van der Waals surface area contributed by atoms with Crippen LogP contribution in [0.3, 0.4) is 0 Å². The maximum atomic E-state index is 12.2. The lowest BCUT2D eigenvalue weighted by Gasteiger charge is -2.12. The Morgan fingerprint density at radius 3 is 2.76 bits per heavy atom. The Morgan fingerprint density at radius 1 is 1.10 bits per heavy atom. The van der Waals surface area contributed by atoms with Crippen molar-refractivity contribution >= 4 is 29.3 Å². The van der Waals surface area contributed by atoms with Crippen molar-refractivity contribution in [1.82, 2.24) is 0 Å². The van der Waals surface area contributed by atoms with Crippen LogP contribution in [0.15, 0.2) is 70.7 Å². The average molecular weight is 405 g/mol. The number of aryl methyl sites for hydroxylation is 1. The van der Waals surface area contributed by atoms with Crippen LogP contribution in [0.5, 0.6) is 11.5 Å². The quantitative estimate of drug-likeness (QED) is 0.428. The predicted octanol–water partition coefficient (Wildman–Crippen LogP) is 4.99. The molecule has 0 N–H and O–H groups in total. The Labute approximate surface area is 172 Å². The molecule has 29 heavy (non-hydrogen) atoms. The number of rotatable bonds is 6. The molecular weight excluding hydrogens is 386 g/mol. The number of methoxy groups -OCH3 is 1. The first-order chi connectivity index (χ1) is 14.1. The zero-order valence-electron chi connectivity index (χ0n) is 16.0. The van der Waals surface area contributed by atoms with Gasteiger partial charge in [-0.3, -0.25) is 0 Å². The molecule has 1 aliphatic rings. The van der Waals surface area contributed by atoms with Crippen molar-refractivity contribution in [2.24, 2.45) is 4.99 Å². The van der Waals surface area contributed by atoms with Gasteiger partial charge in [-0.25, -0.2) is 9.79 Å². The van der Waals surface area contributed by atoms with Gasteiger partial charge in [-0.05, 0) is 47.7 Å². The van der Waals surface area contributed by atoms with Gasteiger partial charge in [0.1, 0.15) is 6.61 Å². The highest BCUT2D eigenvalue weighted by Gasteiger charge is 2.24. The standard InChI is InChI=1S/C23H19NO4S/c1-15-5-3-6-17(11-15)14-27-20-13-16(8-9-19(20)26-2)12-18-23(25)28-22(24-18)21-7-4-10-29-21/h3-13H,14H2,1-2H3. The van der Waals surface area contributed by atoms with Crippen molar-refractivity contribution in [3.8, 4) is 11.5 Å². The lowest BCUT2D eigenvalue weighted by atomic mass is 10.1. The van der Waals surface area contributed by atoms with Crippen molar-refractivity contribution in [2.75, 3.05) is 7.11 Å². The fraction of sp³-hybridized carbons (Fsp3) is 0.130. The SMILES string of the molecule is COc1ccc(C=C2N=C(c3cccs3)OC2=O)cc1OCc1cccc(C)c1. The number of esters is 1. The van der Waals surface area contributed by atoms with Crippen LogP contribution in [0, 0.1) is 6.92 Å². The summed E-state index contributed by atoms with van der Waals surface area (Å²) in [6.07, 6.45) is 1.68. The van der Waals surface area contributed by atoms with Crippen LogP contribution < -0.4 is 9.47 Å². The zero-order chi connectivity index (χ0) is 20.2. The highest BCUT2D eigenvalue weighted by atomic mass is 32.1. The van der Waals surface area contributed by atoms with Crippen LogP contribution in [-0.4, -0.2) is 19.0 Å². The number of benzene rings is 2. The third-order valence-electron chi connectivity index (χ3n) is 4.32. The van der Waals surface area contributed by atoms with Crippen LogP contribution in [-0.2, 0) is 16.1 Å². The minimum absolute atomic E-state index is 0.253. The largest absolute Gasteiger partial charge is 0.493 e. The summed E-state index contributed by atoms with van der Waals surface area (Å²) in [5.41, 5.74) is 3.27. The molecule has 4 rings (SSSR count). The van der Waals surface area contributed by atoms with E-state index in [1.165, 1.54) is 16.9 Å². The highest BCUT2D eigenvalue weighted by Crippen LogP contribution is 2.30. The molecule has 146 valence electrons. The van der Waals surface area contributed by atoms with Gasteiger partial charge in [0.25, 0.3) is 0 Å². The van der Waals surface area contributed by atoms with Gasteiger partial charge in [-0.1, -0.05) is 42.0 Å². The lowest BCUT2D eigenvalue weighted by Crippen LogP contribution is -2.03. The summed E-state index contributed by atoms with van der Waals surface area (Å²) in [6, 6.07) is 17.4. The van der Waals surface area contributed by atoms with E-state index >= 15 is 0 Å². The van der Waals surface area contributed by atoms with E-state index in [1.807, 2.05) is 60.8 Å². The summed E-state index contributed by atoms with van der Waals surface area (Å²) in [5, 5.41) is 1.91. The van der Waals surface area contributed by atoms with Gasteiger partial charge >= 0.3 is 5.97 Å². The Kier molecular flexibility index (Phi) is 5.44. The highest BCUT2D eigenvalue weighted by molar-refractivity contribution is 7.12. The molecule has 0 saturated heterocycles. The maximum Gasteiger partial charge on any atom is 0.363 e. The molecule has 0 saturated carbocycles. The molecule has 1 aliphatic heterocycles. The molecular formula is C23H19NO4S. The van der Waals surface area contributed by atoms with E-state index in [4.69, 9.17) is 14.2 Å². The van der Waals surface area contributed by atoms with Gasteiger partial charge in [0, 0.05) is 0 Å². The monoisotopic (exact) mass is 405 g/mol. The summed E-state index contributed by atoms with van der Waals surface area (Å²) < 4.78 is 16.7. The number of carbonyl (C=O) groups excluding carboxylic acids is 1. The third kappa shape index (κ3) is 4.38. The molecule has 2 aromatic carbocycles. The van der Waals surface area contributed by atoms with Gasteiger partial charge in [-0.2, -0.15) is 0 Å². The van der Waals surface area contributed by atoms with E-state index in [2.05, 4.69) is 11.1 Å². The third-order valence-corrected chi connectivity index (χ3v) is 5.18. The number of thiophene rings is 1. The number of ether oxygens (including phenoxy) is 3. The second kappa shape index (κ2) is 8.32. The van der Waals surface area contributed by atoms with Crippen molar-refractivity contribution in [3.05, 3.63) is 87.2 Å².